The molecule has 1 N–H and O–H groups in total. The maximum atomic E-state index is 6.00. The average Bonchev–Trinajstić information content (AvgIpc) is 3.37. The van der Waals surface area contributed by atoms with Crippen molar-refractivity contribution in [2.75, 3.05) is 13.1 Å². The summed E-state index contributed by atoms with van der Waals surface area (Å²) in [6.07, 6.45) is 6.18. The molecule has 0 saturated carbocycles. The third-order valence-corrected chi connectivity index (χ3v) is 7.46. The molecule has 4 aromatic rings. The summed E-state index contributed by atoms with van der Waals surface area (Å²) in [6.45, 7) is 3.89. The van der Waals surface area contributed by atoms with E-state index in [1.807, 2.05) is 28.9 Å². The van der Waals surface area contributed by atoms with Gasteiger partial charge >= 0.3 is 0 Å². The van der Waals surface area contributed by atoms with Crippen LogP contribution in [0.25, 0.3) is 19.5 Å². The normalized spacial score (nSPS) is 16.8. The van der Waals surface area contributed by atoms with Crippen LogP contribution in [-0.4, -0.2) is 34.1 Å². The number of hydrogen-bond acceptors (Lipinski definition) is 5. The van der Waals surface area contributed by atoms with Gasteiger partial charge in [0.05, 0.1) is 28.7 Å². The van der Waals surface area contributed by atoms with Crippen molar-refractivity contribution < 1.29 is 4.74 Å². The zero-order valence-corrected chi connectivity index (χ0v) is 16.1. The van der Waals surface area contributed by atoms with Crippen molar-refractivity contribution in [2.45, 2.75) is 32.1 Å². The Bertz CT molecular complexity index is 997. The quantitative estimate of drug-likeness (QED) is 0.526. The van der Waals surface area contributed by atoms with Gasteiger partial charge in [0.25, 0.3) is 0 Å². The second-order valence-electron chi connectivity index (χ2n) is 6.86. The van der Waals surface area contributed by atoms with E-state index in [9.17, 15) is 0 Å². The molecule has 3 aromatic heterocycles. The number of hydrogen-bond donors (Lipinski definition) is 1. The van der Waals surface area contributed by atoms with E-state index in [1.54, 1.807) is 6.33 Å². The zero-order valence-electron chi connectivity index (χ0n) is 14.5. The second kappa shape index (κ2) is 7.12. The van der Waals surface area contributed by atoms with E-state index in [-0.39, 0.29) is 0 Å². The van der Waals surface area contributed by atoms with Crippen molar-refractivity contribution in [2.24, 2.45) is 0 Å². The molecule has 0 spiro atoms. The number of thiophene rings is 2. The summed E-state index contributed by atoms with van der Waals surface area (Å²) in [5.41, 5.74) is 0.985. The van der Waals surface area contributed by atoms with Crippen molar-refractivity contribution in [3.8, 4) is 0 Å². The maximum absolute atomic E-state index is 6.00. The summed E-state index contributed by atoms with van der Waals surface area (Å²) in [6, 6.07) is 11.1. The monoisotopic (exact) mass is 383 g/mol. The third kappa shape index (κ3) is 3.30. The molecule has 1 saturated heterocycles. The average molecular weight is 384 g/mol. The zero-order chi connectivity index (χ0) is 17.3. The summed E-state index contributed by atoms with van der Waals surface area (Å²) in [4.78, 5) is 11.2. The number of H-pyrrole nitrogens is 1. The number of imidazole rings is 1. The number of piperidine rings is 1. The first-order chi connectivity index (χ1) is 12.8. The Labute approximate surface area is 160 Å². The van der Waals surface area contributed by atoms with Crippen LogP contribution < -0.4 is 0 Å². The molecule has 26 heavy (non-hydrogen) atoms. The van der Waals surface area contributed by atoms with Gasteiger partial charge in [-0.25, -0.2) is 4.98 Å². The number of nitrogens with one attached hydrogen (secondary N) is 1. The van der Waals surface area contributed by atoms with Crippen molar-refractivity contribution in [3.63, 3.8) is 0 Å². The Morgan fingerprint density at radius 2 is 2.04 bits per heavy atom. The summed E-state index contributed by atoms with van der Waals surface area (Å²) in [5.74, 6) is 0. The van der Waals surface area contributed by atoms with Gasteiger partial charge < -0.3 is 9.72 Å². The van der Waals surface area contributed by atoms with E-state index in [1.165, 1.54) is 24.4 Å². The van der Waals surface area contributed by atoms with Crippen LogP contribution in [0.2, 0.25) is 0 Å². The van der Waals surface area contributed by atoms with E-state index in [4.69, 9.17) is 4.74 Å². The van der Waals surface area contributed by atoms with Crippen LogP contribution >= 0.6 is 22.7 Å². The molecule has 0 atom stereocenters. The first kappa shape index (κ1) is 16.4. The highest BCUT2D eigenvalue weighted by Gasteiger charge is 2.21. The van der Waals surface area contributed by atoms with Crippen molar-refractivity contribution in [1.29, 1.82) is 0 Å². The Morgan fingerprint density at radius 3 is 2.88 bits per heavy atom. The predicted molar refractivity (Wildman–Crippen MR) is 109 cm³/mol. The molecule has 6 heteroatoms. The predicted octanol–water partition coefficient (Wildman–Crippen LogP) is 5.02. The van der Waals surface area contributed by atoms with Crippen LogP contribution in [0.5, 0.6) is 0 Å². The largest absolute Gasteiger partial charge is 0.372 e. The number of ether oxygens (including phenoxy) is 1. The minimum absolute atomic E-state index is 0.360. The van der Waals surface area contributed by atoms with Crippen molar-refractivity contribution in [3.05, 3.63) is 53.4 Å². The number of rotatable bonds is 5. The lowest BCUT2D eigenvalue weighted by Gasteiger charge is -2.31. The molecule has 4 nitrogen and oxygen atoms in total. The minimum Gasteiger partial charge on any atom is -0.372 e. The molecular formula is C20H21N3OS2. The van der Waals surface area contributed by atoms with Crippen LogP contribution in [-0.2, 0) is 17.9 Å². The molecule has 1 aromatic carbocycles. The van der Waals surface area contributed by atoms with Crippen molar-refractivity contribution >= 4 is 42.2 Å². The van der Waals surface area contributed by atoms with E-state index in [0.29, 0.717) is 12.7 Å². The Hall–Kier alpha value is -1.73. The molecule has 1 aliphatic rings. The Balaban J connectivity index is 1.19. The van der Waals surface area contributed by atoms with E-state index in [0.717, 1.165) is 38.2 Å². The molecule has 0 amide bonds. The van der Waals surface area contributed by atoms with E-state index in [2.05, 4.69) is 45.2 Å². The Morgan fingerprint density at radius 1 is 1.15 bits per heavy atom. The number of likely N-dealkylation sites (tertiary alicyclic amines) is 1. The van der Waals surface area contributed by atoms with Crippen LogP contribution in [0.3, 0.4) is 0 Å². The fourth-order valence-electron chi connectivity index (χ4n) is 3.67. The number of benzene rings is 1. The summed E-state index contributed by atoms with van der Waals surface area (Å²) in [7, 11) is 0. The van der Waals surface area contributed by atoms with Gasteiger partial charge in [-0.15, -0.1) is 22.7 Å². The van der Waals surface area contributed by atoms with E-state index < -0.39 is 0 Å². The lowest BCUT2D eigenvalue weighted by molar-refractivity contribution is -0.00493. The smallest absolute Gasteiger partial charge is 0.0924 e. The van der Waals surface area contributed by atoms with Crippen LogP contribution in [0.1, 0.15) is 23.4 Å². The molecular weight excluding hydrogens is 362 g/mol. The molecule has 4 heterocycles. The van der Waals surface area contributed by atoms with Gasteiger partial charge in [0.15, 0.2) is 0 Å². The van der Waals surface area contributed by atoms with Gasteiger partial charge in [0.1, 0.15) is 0 Å². The highest BCUT2D eigenvalue weighted by molar-refractivity contribution is 7.41. The molecule has 1 aliphatic heterocycles. The molecule has 0 unspecified atom stereocenters. The van der Waals surface area contributed by atoms with Crippen LogP contribution in [0.4, 0.5) is 0 Å². The van der Waals surface area contributed by atoms with E-state index >= 15 is 0 Å². The number of aromatic amines is 1. The number of fused-ring (bicyclic) bond motifs is 3. The summed E-state index contributed by atoms with van der Waals surface area (Å²) in [5, 5.41) is 2.84. The van der Waals surface area contributed by atoms with Crippen LogP contribution in [0, 0.1) is 0 Å². The summed E-state index contributed by atoms with van der Waals surface area (Å²) < 4.78 is 8.86. The van der Waals surface area contributed by atoms with Crippen molar-refractivity contribution in [1.82, 2.24) is 14.9 Å². The van der Waals surface area contributed by atoms with Gasteiger partial charge in [0, 0.05) is 46.2 Å². The molecule has 0 radical (unpaired) electrons. The molecule has 1 fully saturated rings. The standard InChI is InChI=1S/C20H21N3OS2/c1-2-4-19-17(3-1)18-9-16(25-20(18)26-19)11-23-7-5-15(6-8-23)24-12-14-10-21-13-22-14/h1-4,9-10,13,15H,5-8,11-12H2,(H,21,22). The fraction of sp³-hybridized carbons (Fsp3) is 0.350. The number of nitrogens with zero attached hydrogens (tertiary/aromatic N) is 2. The lowest BCUT2D eigenvalue weighted by Crippen LogP contribution is -2.36. The van der Waals surface area contributed by atoms with Crippen LogP contribution in [0.15, 0.2) is 42.9 Å². The second-order valence-corrected chi connectivity index (χ2v) is 9.31. The van der Waals surface area contributed by atoms with Gasteiger partial charge in [0.2, 0.25) is 0 Å². The SMILES string of the molecule is c1ccc2c(c1)sc1sc(CN3CCC(OCc4c[nH]cn4)CC3)cc12. The third-order valence-electron chi connectivity index (χ3n) is 5.06. The fourth-order valence-corrected chi connectivity index (χ4v) is 6.28. The summed E-state index contributed by atoms with van der Waals surface area (Å²) >= 11 is 3.88. The first-order valence-electron chi connectivity index (χ1n) is 9.07. The highest BCUT2D eigenvalue weighted by Crippen LogP contribution is 2.39. The maximum Gasteiger partial charge on any atom is 0.0924 e. The topological polar surface area (TPSA) is 41.1 Å². The first-order valence-corrected chi connectivity index (χ1v) is 10.7. The lowest BCUT2D eigenvalue weighted by atomic mass is 10.1. The minimum atomic E-state index is 0.360. The number of aromatic nitrogens is 2. The molecule has 134 valence electrons. The van der Waals surface area contributed by atoms with Gasteiger partial charge in [-0.1, -0.05) is 18.2 Å². The van der Waals surface area contributed by atoms with Gasteiger partial charge in [-0.2, -0.15) is 0 Å². The molecule has 0 bridgehead atoms. The van der Waals surface area contributed by atoms with Gasteiger partial charge in [-0.05, 0) is 25.0 Å². The molecule has 5 rings (SSSR count). The Kier molecular flexibility index (Phi) is 4.50. The molecule has 0 aliphatic carbocycles. The highest BCUT2D eigenvalue weighted by atomic mass is 32.2. The van der Waals surface area contributed by atoms with Gasteiger partial charge in [-0.3, -0.25) is 4.90 Å².